The van der Waals surface area contributed by atoms with Crippen molar-refractivity contribution in [1.29, 1.82) is 0 Å². The van der Waals surface area contributed by atoms with Gasteiger partial charge in [-0.05, 0) is 16.0 Å². The molecule has 0 bridgehead atoms. The van der Waals surface area contributed by atoms with Gasteiger partial charge in [0.05, 0.1) is 19.3 Å². The van der Waals surface area contributed by atoms with Gasteiger partial charge >= 0.3 is 0 Å². The standard InChI is InChI=1S/C13H16N6O.CH4/c1-15-7-8-19-13(16-17-18-19)12(14)10-20-9-11-5-3-2-4-6-11;/h2-6,12H,7-10,14H2;1H4/t12-;/m1./s1. The first kappa shape index (κ1) is 16.8. The minimum atomic E-state index is -0.403. The zero-order valence-corrected chi connectivity index (χ0v) is 11.0. The summed E-state index contributed by atoms with van der Waals surface area (Å²) in [6.07, 6.45) is 0. The van der Waals surface area contributed by atoms with Gasteiger partial charge in [-0.25, -0.2) is 11.3 Å². The van der Waals surface area contributed by atoms with Crippen LogP contribution in [-0.2, 0) is 17.9 Å². The molecule has 0 aliphatic heterocycles. The lowest BCUT2D eigenvalue weighted by atomic mass is 10.2. The quantitative estimate of drug-likeness (QED) is 0.780. The molecule has 0 aliphatic carbocycles. The van der Waals surface area contributed by atoms with Crippen molar-refractivity contribution in [2.45, 2.75) is 26.6 Å². The molecule has 21 heavy (non-hydrogen) atoms. The van der Waals surface area contributed by atoms with E-state index in [4.69, 9.17) is 17.0 Å². The summed E-state index contributed by atoms with van der Waals surface area (Å²) >= 11 is 0. The summed E-state index contributed by atoms with van der Waals surface area (Å²) in [7, 11) is 0. The Hall–Kier alpha value is -2.30. The van der Waals surface area contributed by atoms with Crippen LogP contribution in [0.2, 0.25) is 0 Å². The Morgan fingerprint density at radius 1 is 1.33 bits per heavy atom. The van der Waals surface area contributed by atoms with Gasteiger partial charge < -0.3 is 15.3 Å². The number of aromatic nitrogens is 4. The Kier molecular flexibility index (Phi) is 7.01. The highest BCUT2D eigenvalue weighted by Gasteiger charge is 2.15. The van der Waals surface area contributed by atoms with Gasteiger partial charge in [0.25, 0.3) is 0 Å². The van der Waals surface area contributed by atoms with Gasteiger partial charge in [-0.3, -0.25) is 0 Å². The maximum Gasteiger partial charge on any atom is 0.234 e. The summed E-state index contributed by atoms with van der Waals surface area (Å²) in [5, 5.41) is 11.3. The molecule has 7 heteroatoms. The molecule has 2 N–H and O–H groups in total. The highest BCUT2D eigenvalue weighted by Crippen LogP contribution is 2.08. The average molecular weight is 288 g/mol. The molecule has 0 aliphatic rings. The molecule has 1 aromatic carbocycles. The maximum atomic E-state index is 6.78. The Bertz CT molecular complexity index is 562. The lowest BCUT2D eigenvalue weighted by molar-refractivity contribution is 0.105. The van der Waals surface area contributed by atoms with Gasteiger partial charge in [0, 0.05) is 0 Å². The van der Waals surface area contributed by atoms with Crippen molar-refractivity contribution in [3.8, 4) is 0 Å². The average Bonchev–Trinajstić information content (AvgIpc) is 2.94. The summed E-state index contributed by atoms with van der Waals surface area (Å²) in [6, 6.07) is 9.46. The van der Waals surface area contributed by atoms with Crippen LogP contribution in [0.5, 0.6) is 0 Å². The van der Waals surface area contributed by atoms with Crippen LogP contribution in [0, 0.1) is 6.57 Å². The summed E-state index contributed by atoms with van der Waals surface area (Å²) < 4.78 is 7.12. The number of tetrazole rings is 1. The van der Waals surface area contributed by atoms with Gasteiger partial charge in [-0.15, -0.1) is 5.10 Å². The molecule has 0 fully saturated rings. The van der Waals surface area contributed by atoms with E-state index in [1.807, 2.05) is 30.3 Å². The summed E-state index contributed by atoms with van der Waals surface area (Å²) in [5.41, 5.74) is 7.10. The van der Waals surface area contributed by atoms with Crippen LogP contribution < -0.4 is 5.73 Å². The summed E-state index contributed by atoms with van der Waals surface area (Å²) in [6.45, 7) is 8.37. The molecule has 2 aromatic rings. The number of hydrogen-bond donors (Lipinski definition) is 1. The minimum absolute atomic E-state index is 0. The second kappa shape index (κ2) is 8.79. The van der Waals surface area contributed by atoms with E-state index in [9.17, 15) is 0 Å². The molecule has 7 nitrogen and oxygen atoms in total. The Balaban J connectivity index is 0.00000220. The van der Waals surface area contributed by atoms with Crippen molar-refractivity contribution in [2.75, 3.05) is 13.2 Å². The first-order valence-electron chi connectivity index (χ1n) is 6.28. The third-order valence-corrected chi connectivity index (χ3v) is 2.72. The van der Waals surface area contributed by atoms with Crippen LogP contribution in [0.3, 0.4) is 0 Å². The van der Waals surface area contributed by atoms with E-state index in [0.29, 0.717) is 32.1 Å². The molecule has 0 saturated carbocycles. The van der Waals surface area contributed by atoms with Crippen LogP contribution in [0.4, 0.5) is 0 Å². The Labute approximate surface area is 124 Å². The molecule has 0 saturated heterocycles. The predicted molar refractivity (Wildman–Crippen MR) is 79.0 cm³/mol. The highest BCUT2D eigenvalue weighted by molar-refractivity contribution is 5.13. The third-order valence-electron chi connectivity index (χ3n) is 2.72. The minimum Gasteiger partial charge on any atom is -0.375 e. The smallest absolute Gasteiger partial charge is 0.234 e. The van der Waals surface area contributed by atoms with Crippen molar-refractivity contribution in [2.24, 2.45) is 5.73 Å². The number of hydrogen-bond acceptors (Lipinski definition) is 5. The molecule has 2 rings (SSSR count). The Morgan fingerprint density at radius 3 is 2.81 bits per heavy atom. The number of nitrogens with two attached hydrogens (primary N) is 1. The predicted octanol–water partition coefficient (Wildman–Crippen LogP) is 1.45. The van der Waals surface area contributed by atoms with Crippen LogP contribution >= 0.6 is 0 Å². The van der Waals surface area contributed by atoms with Crippen molar-refractivity contribution >= 4 is 0 Å². The lowest BCUT2D eigenvalue weighted by Crippen LogP contribution is -2.22. The normalized spacial score (nSPS) is 11.4. The van der Waals surface area contributed by atoms with Gasteiger partial charge in [0.15, 0.2) is 5.82 Å². The number of nitrogens with zero attached hydrogens (tertiary/aromatic N) is 5. The van der Waals surface area contributed by atoms with E-state index in [2.05, 4.69) is 20.4 Å². The number of rotatable bonds is 7. The molecule has 0 amide bonds. The molecule has 1 aromatic heterocycles. The largest absolute Gasteiger partial charge is 0.375 e. The zero-order chi connectivity index (χ0) is 14.2. The van der Waals surface area contributed by atoms with E-state index in [1.54, 1.807) is 4.68 Å². The van der Waals surface area contributed by atoms with Crippen LogP contribution in [0.15, 0.2) is 30.3 Å². The van der Waals surface area contributed by atoms with Gasteiger partial charge in [0.2, 0.25) is 6.54 Å². The summed E-state index contributed by atoms with van der Waals surface area (Å²) in [5.74, 6) is 0.543. The van der Waals surface area contributed by atoms with Crippen molar-refractivity contribution in [3.05, 3.63) is 53.1 Å². The van der Waals surface area contributed by atoms with E-state index >= 15 is 0 Å². The van der Waals surface area contributed by atoms with E-state index in [-0.39, 0.29) is 7.43 Å². The molecular weight excluding hydrogens is 268 g/mol. The van der Waals surface area contributed by atoms with Gasteiger partial charge in [-0.1, -0.05) is 37.8 Å². The monoisotopic (exact) mass is 288 g/mol. The Morgan fingerprint density at radius 2 is 2.10 bits per heavy atom. The lowest BCUT2D eigenvalue weighted by Gasteiger charge is -2.11. The fourth-order valence-corrected chi connectivity index (χ4v) is 1.73. The zero-order valence-electron chi connectivity index (χ0n) is 11.0. The number of benzene rings is 1. The molecular formula is C14H20N6O. The maximum absolute atomic E-state index is 6.78. The van der Waals surface area contributed by atoms with Crippen molar-refractivity contribution in [3.63, 3.8) is 0 Å². The fraction of sp³-hybridized carbons (Fsp3) is 0.429. The third kappa shape index (κ3) is 4.95. The highest BCUT2D eigenvalue weighted by atomic mass is 16.5. The SMILES string of the molecule is C.[C-]#[N+]CCn1nnnc1[C@H](N)COCc1ccccc1. The van der Waals surface area contributed by atoms with E-state index < -0.39 is 6.04 Å². The number of ether oxygens (including phenoxy) is 1. The molecule has 0 spiro atoms. The van der Waals surface area contributed by atoms with Gasteiger partial charge in [-0.2, -0.15) is 0 Å². The van der Waals surface area contributed by atoms with E-state index in [1.165, 1.54) is 0 Å². The van der Waals surface area contributed by atoms with Crippen molar-refractivity contribution in [1.82, 2.24) is 20.2 Å². The second-order valence-corrected chi connectivity index (χ2v) is 4.25. The first-order chi connectivity index (χ1) is 9.81. The van der Waals surface area contributed by atoms with E-state index in [0.717, 1.165) is 5.56 Å². The molecule has 0 unspecified atom stereocenters. The van der Waals surface area contributed by atoms with Crippen LogP contribution in [0.1, 0.15) is 24.9 Å². The van der Waals surface area contributed by atoms with Crippen molar-refractivity contribution < 1.29 is 4.74 Å². The summed E-state index contributed by atoms with van der Waals surface area (Å²) in [4.78, 5) is 3.27. The fourth-order valence-electron chi connectivity index (χ4n) is 1.73. The topological polar surface area (TPSA) is 83.2 Å². The first-order valence-corrected chi connectivity index (χ1v) is 6.28. The van der Waals surface area contributed by atoms with Crippen LogP contribution in [-0.4, -0.2) is 33.4 Å². The molecule has 1 heterocycles. The second-order valence-electron chi connectivity index (χ2n) is 4.25. The molecule has 112 valence electrons. The van der Waals surface area contributed by atoms with Crippen LogP contribution in [0.25, 0.3) is 4.85 Å². The van der Waals surface area contributed by atoms with Gasteiger partial charge in [0.1, 0.15) is 6.54 Å². The molecule has 0 radical (unpaired) electrons. The molecule has 1 atom stereocenters.